The molecular formula is C18H16N4S. The third-order valence-electron chi connectivity index (χ3n) is 3.39. The Kier molecular flexibility index (Phi) is 4.45. The van der Waals surface area contributed by atoms with Crippen LogP contribution in [0.2, 0.25) is 0 Å². The molecule has 1 atom stereocenters. The number of nitriles is 1. The highest BCUT2D eigenvalue weighted by molar-refractivity contribution is 8.00. The minimum atomic E-state index is -0.188. The van der Waals surface area contributed by atoms with Crippen LogP contribution in [0.4, 0.5) is 0 Å². The first-order valence-electron chi connectivity index (χ1n) is 7.33. The van der Waals surface area contributed by atoms with Gasteiger partial charge in [0.1, 0.15) is 0 Å². The van der Waals surface area contributed by atoms with Crippen LogP contribution in [0.25, 0.3) is 17.1 Å². The Labute approximate surface area is 139 Å². The second-order valence-corrected chi connectivity index (χ2v) is 6.54. The molecular weight excluding hydrogens is 304 g/mol. The van der Waals surface area contributed by atoms with Gasteiger partial charge in [-0.05, 0) is 32.0 Å². The van der Waals surface area contributed by atoms with Crippen LogP contribution in [0.15, 0.2) is 59.8 Å². The van der Waals surface area contributed by atoms with Crippen LogP contribution < -0.4 is 0 Å². The third-order valence-corrected chi connectivity index (χ3v) is 4.32. The summed E-state index contributed by atoms with van der Waals surface area (Å²) in [4.78, 5) is 0. The van der Waals surface area contributed by atoms with Gasteiger partial charge in [0.2, 0.25) is 0 Å². The third kappa shape index (κ3) is 3.27. The lowest BCUT2D eigenvalue weighted by Crippen LogP contribution is -2.01. The van der Waals surface area contributed by atoms with E-state index in [0.29, 0.717) is 0 Å². The zero-order valence-corrected chi connectivity index (χ0v) is 13.8. The zero-order valence-electron chi connectivity index (χ0n) is 13.0. The lowest BCUT2D eigenvalue weighted by Gasteiger charge is -2.11. The Morgan fingerprint density at radius 3 is 2.57 bits per heavy atom. The standard InChI is InChI=1S/C18H16N4S/c1-13-7-6-8-15(11-13)17-20-21-18(23-14(2)12-19)22(17)16-9-4-3-5-10-16/h3-11,14H,1-2H3. The molecule has 0 aliphatic carbocycles. The van der Waals surface area contributed by atoms with Crippen molar-refractivity contribution in [2.45, 2.75) is 24.3 Å². The van der Waals surface area contributed by atoms with Gasteiger partial charge in [-0.3, -0.25) is 4.57 Å². The van der Waals surface area contributed by atoms with Crippen molar-refractivity contribution in [2.24, 2.45) is 0 Å². The molecule has 114 valence electrons. The lowest BCUT2D eigenvalue weighted by molar-refractivity contribution is 0.883. The molecule has 0 N–H and O–H groups in total. The van der Waals surface area contributed by atoms with Crippen molar-refractivity contribution in [3.63, 3.8) is 0 Å². The number of thioether (sulfide) groups is 1. The Balaban J connectivity index is 2.16. The normalized spacial score (nSPS) is 11.9. The van der Waals surface area contributed by atoms with E-state index in [1.165, 1.54) is 17.3 Å². The van der Waals surface area contributed by atoms with Crippen molar-refractivity contribution in [3.05, 3.63) is 60.2 Å². The van der Waals surface area contributed by atoms with E-state index in [9.17, 15) is 0 Å². The highest BCUT2D eigenvalue weighted by Gasteiger charge is 2.18. The summed E-state index contributed by atoms with van der Waals surface area (Å²) in [7, 11) is 0. The van der Waals surface area contributed by atoms with Crippen LogP contribution in [0, 0.1) is 18.3 Å². The fraction of sp³-hybridized carbons (Fsp3) is 0.167. The number of rotatable bonds is 4. The molecule has 3 rings (SSSR count). The van der Waals surface area contributed by atoms with Gasteiger partial charge in [-0.15, -0.1) is 10.2 Å². The molecule has 0 aliphatic rings. The first kappa shape index (κ1) is 15.3. The predicted octanol–water partition coefficient (Wildman–Crippen LogP) is 4.25. The van der Waals surface area contributed by atoms with Gasteiger partial charge in [0.15, 0.2) is 11.0 Å². The second-order valence-electron chi connectivity index (χ2n) is 5.24. The van der Waals surface area contributed by atoms with Crippen molar-refractivity contribution in [2.75, 3.05) is 0 Å². The Hall–Kier alpha value is -2.58. The first-order chi connectivity index (χ1) is 11.2. The minimum Gasteiger partial charge on any atom is -0.270 e. The summed E-state index contributed by atoms with van der Waals surface area (Å²) in [5, 5.41) is 18.3. The van der Waals surface area contributed by atoms with E-state index < -0.39 is 0 Å². The number of benzene rings is 2. The molecule has 1 heterocycles. The molecule has 4 nitrogen and oxygen atoms in total. The van der Waals surface area contributed by atoms with Crippen molar-refractivity contribution < 1.29 is 0 Å². The molecule has 0 bridgehead atoms. The smallest absolute Gasteiger partial charge is 0.197 e. The quantitative estimate of drug-likeness (QED) is 0.674. The molecule has 23 heavy (non-hydrogen) atoms. The van der Waals surface area contributed by atoms with Gasteiger partial charge >= 0.3 is 0 Å². The summed E-state index contributed by atoms with van der Waals surface area (Å²) in [5.41, 5.74) is 3.17. The zero-order chi connectivity index (χ0) is 16.2. The minimum absolute atomic E-state index is 0.188. The largest absolute Gasteiger partial charge is 0.270 e. The molecule has 2 aromatic carbocycles. The van der Waals surface area contributed by atoms with Gasteiger partial charge in [-0.25, -0.2) is 0 Å². The van der Waals surface area contributed by atoms with Gasteiger partial charge in [0.25, 0.3) is 0 Å². The molecule has 1 aromatic heterocycles. The number of hydrogen-bond donors (Lipinski definition) is 0. The van der Waals surface area contributed by atoms with Crippen LogP contribution in [0.3, 0.4) is 0 Å². The van der Waals surface area contributed by atoms with Gasteiger partial charge in [0, 0.05) is 11.3 Å². The highest BCUT2D eigenvalue weighted by atomic mass is 32.2. The average molecular weight is 320 g/mol. The molecule has 0 spiro atoms. The van der Waals surface area contributed by atoms with E-state index in [2.05, 4.69) is 35.3 Å². The summed E-state index contributed by atoms with van der Waals surface area (Å²) in [5.74, 6) is 0.785. The fourth-order valence-electron chi connectivity index (χ4n) is 2.31. The Morgan fingerprint density at radius 2 is 1.87 bits per heavy atom. The lowest BCUT2D eigenvalue weighted by atomic mass is 10.1. The van der Waals surface area contributed by atoms with Crippen LogP contribution in [0.1, 0.15) is 12.5 Å². The molecule has 3 aromatic rings. The predicted molar refractivity (Wildman–Crippen MR) is 92.5 cm³/mol. The highest BCUT2D eigenvalue weighted by Crippen LogP contribution is 2.30. The van der Waals surface area contributed by atoms with Crippen molar-refractivity contribution in [1.29, 1.82) is 5.26 Å². The molecule has 5 heteroatoms. The first-order valence-corrected chi connectivity index (χ1v) is 8.21. The maximum Gasteiger partial charge on any atom is 0.197 e. The molecule has 0 amide bonds. The van der Waals surface area contributed by atoms with E-state index in [1.54, 1.807) is 0 Å². The molecule has 1 unspecified atom stereocenters. The van der Waals surface area contributed by atoms with Gasteiger partial charge in [0.05, 0.1) is 11.3 Å². The summed E-state index contributed by atoms with van der Waals surface area (Å²) >= 11 is 1.41. The summed E-state index contributed by atoms with van der Waals surface area (Å²) in [6, 6.07) is 20.4. The van der Waals surface area contributed by atoms with E-state index in [0.717, 1.165) is 22.2 Å². The van der Waals surface area contributed by atoms with Crippen LogP contribution in [-0.2, 0) is 0 Å². The maximum absolute atomic E-state index is 9.09. The summed E-state index contributed by atoms with van der Waals surface area (Å²) in [6.45, 7) is 3.92. The van der Waals surface area contributed by atoms with Crippen molar-refractivity contribution >= 4 is 11.8 Å². The summed E-state index contributed by atoms with van der Waals surface area (Å²) in [6.07, 6.45) is 0. The van der Waals surface area contributed by atoms with Crippen molar-refractivity contribution in [1.82, 2.24) is 14.8 Å². The molecule has 0 fully saturated rings. The Morgan fingerprint density at radius 1 is 1.09 bits per heavy atom. The number of nitrogens with zero attached hydrogens (tertiary/aromatic N) is 4. The fourth-order valence-corrected chi connectivity index (χ4v) is 3.07. The Bertz CT molecular complexity index is 849. The molecule has 0 saturated heterocycles. The number of aromatic nitrogens is 3. The van der Waals surface area contributed by atoms with Crippen LogP contribution in [-0.4, -0.2) is 20.0 Å². The number of hydrogen-bond acceptors (Lipinski definition) is 4. The van der Waals surface area contributed by atoms with Crippen LogP contribution >= 0.6 is 11.8 Å². The van der Waals surface area contributed by atoms with Gasteiger partial charge < -0.3 is 0 Å². The average Bonchev–Trinajstić information content (AvgIpc) is 2.99. The monoisotopic (exact) mass is 320 g/mol. The van der Waals surface area contributed by atoms with E-state index in [-0.39, 0.29) is 5.25 Å². The van der Waals surface area contributed by atoms with Crippen molar-refractivity contribution in [3.8, 4) is 23.1 Å². The van der Waals surface area contributed by atoms with Gasteiger partial charge in [-0.1, -0.05) is 53.7 Å². The molecule has 0 aliphatic heterocycles. The second kappa shape index (κ2) is 6.67. The van der Waals surface area contributed by atoms with E-state index >= 15 is 0 Å². The maximum atomic E-state index is 9.09. The number of para-hydroxylation sites is 1. The van der Waals surface area contributed by atoms with E-state index in [1.807, 2.05) is 54.0 Å². The molecule has 0 radical (unpaired) electrons. The number of aryl methyl sites for hydroxylation is 1. The SMILES string of the molecule is Cc1cccc(-c2nnc(SC(C)C#N)n2-c2ccccc2)c1. The topological polar surface area (TPSA) is 54.5 Å². The van der Waals surface area contributed by atoms with Gasteiger partial charge in [-0.2, -0.15) is 5.26 Å². The van der Waals surface area contributed by atoms with Crippen LogP contribution in [0.5, 0.6) is 0 Å². The molecule has 0 saturated carbocycles. The van der Waals surface area contributed by atoms with E-state index in [4.69, 9.17) is 5.26 Å². The summed E-state index contributed by atoms with van der Waals surface area (Å²) < 4.78 is 2.01.